The summed E-state index contributed by atoms with van der Waals surface area (Å²) in [7, 11) is 0. The molecule has 1 amide bonds. The van der Waals surface area contributed by atoms with Gasteiger partial charge in [0.1, 0.15) is 0 Å². The zero-order chi connectivity index (χ0) is 15.5. The van der Waals surface area contributed by atoms with Crippen molar-refractivity contribution < 1.29 is 9.90 Å². The van der Waals surface area contributed by atoms with E-state index >= 15 is 0 Å². The fraction of sp³-hybridized carbons (Fsp3) is 0.316. The molecule has 0 aromatic heterocycles. The van der Waals surface area contributed by atoms with Gasteiger partial charge in [0.05, 0.1) is 6.10 Å². The van der Waals surface area contributed by atoms with Gasteiger partial charge in [-0.3, -0.25) is 4.79 Å². The first-order valence-corrected chi connectivity index (χ1v) is 7.85. The van der Waals surface area contributed by atoms with Crippen molar-refractivity contribution in [3.8, 4) is 0 Å². The van der Waals surface area contributed by atoms with E-state index in [4.69, 9.17) is 0 Å². The molecule has 0 fully saturated rings. The number of anilines is 1. The number of nitrogens with one attached hydrogen (secondary N) is 1. The molecule has 1 atom stereocenters. The lowest BCUT2D eigenvalue weighted by molar-refractivity contribution is -0.116. The van der Waals surface area contributed by atoms with Crippen LogP contribution in [0.2, 0.25) is 0 Å². The summed E-state index contributed by atoms with van der Waals surface area (Å²) in [6.07, 6.45) is 2.14. The van der Waals surface area contributed by atoms with E-state index in [0.29, 0.717) is 12.8 Å². The number of aliphatic hydroxyl groups excluding tert-OH is 1. The summed E-state index contributed by atoms with van der Waals surface area (Å²) < 4.78 is 0. The topological polar surface area (TPSA) is 49.3 Å². The van der Waals surface area contributed by atoms with E-state index < -0.39 is 6.10 Å². The summed E-state index contributed by atoms with van der Waals surface area (Å²) in [5.74, 6) is 0.0323. The Labute approximate surface area is 131 Å². The molecular weight excluding hydrogens is 274 g/mol. The minimum atomic E-state index is -0.610. The van der Waals surface area contributed by atoms with Crippen LogP contribution in [0, 0.1) is 0 Å². The predicted octanol–water partition coefficient (Wildman–Crippen LogP) is 3.41. The van der Waals surface area contributed by atoms with Crippen LogP contribution in [0.5, 0.6) is 0 Å². The monoisotopic (exact) mass is 295 g/mol. The standard InChI is InChI=1S/C19H21NO2/c1-2-13-10-15-8-9-18(22)20-19(15)16(11-13)17(21)12-14-6-4-3-5-7-14/h3-7,10-11,17,21H,2,8-9,12H2,1H3,(H,20,22). The Morgan fingerprint density at radius 2 is 1.91 bits per heavy atom. The van der Waals surface area contributed by atoms with Crippen LogP contribution < -0.4 is 5.32 Å². The fourth-order valence-corrected chi connectivity index (χ4v) is 3.01. The molecule has 0 saturated carbocycles. The molecule has 0 aliphatic carbocycles. The molecule has 0 radical (unpaired) electrons. The second-order valence-corrected chi connectivity index (χ2v) is 5.83. The van der Waals surface area contributed by atoms with Crippen molar-refractivity contribution in [1.82, 2.24) is 0 Å². The van der Waals surface area contributed by atoms with Gasteiger partial charge >= 0.3 is 0 Å². The SMILES string of the molecule is CCc1cc2c(c(C(O)Cc3ccccc3)c1)NC(=O)CC2. The maximum absolute atomic E-state index is 11.7. The van der Waals surface area contributed by atoms with Crippen molar-refractivity contribution in [1.29, 1.82) is 0 Å². The van der Waals surface area contributed by atoms with Crippen molar-refractivity contribution in [2.75, 3.05) is 5.32 Å². The third-order valence-corrected chi connectivity index (χ3v) is 4.24. The Morgan fingerprint density at radius 3 is 2.64 bits per heavy atom. The lowest BCUT2D eigenvalue weighted by atomic mass is 9.91. The largest absolute Gasteiger partial charge is 0.388 e. The first-order chi connectivity index (χ1) is 10.7. The maximum atomic E-state index is 11.7. The molecule has 114 valence electrons. The number of aryl methyl sites for hydroxylation is 2. The van der Waals surface area contributed by atoms with Gasteiger partial charge in [-0.2, -0.15) is 0 Å². The number of hydrogen-bond acceptors (Lipinski definition) is 2. The lowest BCUT2D eigenvalue weighted by Crippen LogP contribution is -2.22. The number of hydrogen-bond donors (Lipinski definition) is 2. The van der Waals surface area contributed by atoms with E-state index in [1.807, 2.05) is 36.4 Å². The predicted molar refractivity (Wildman–Crippen MR) is 87.9 cm³/mol. The molecule has 22 heavy (non-hydrogen) atoms. The van der Waals surface area contributed by atoms with Gasteiger partial charge in [0.15, 0.2) is 0 Å². The summed E-state index contributed by atoms with van der Waals surface area (Å²) >= 11 is 0. The summed E-state index contributed by atoms with van der Waals surface area (Å²) in [5, 5.41) is 13.6. The number of carbonyl (C=O) groups is 1. The number of carbonyl (C=O) groups excluding carboxylic acids is 1. The Balaban J connectivity index is 1.96. The van der Waals surface area contributed by atoms with Gasteiger partial charge in [-0.25, -0.2) is 0 Å². The Kier molecular flexibility index (Phi) is 4.25. The number of rotatable bonds is 4. The molecule has 1 aliphatic heterocycles. The van der Waals surface area contributed by atoms with Crippen LogP contribution in [0.4, 0.5) is 5.69 Å². The minimum absolute atomic E-state index is 0.0323. The first kappa shape index (κ1) is 14.8. The van der Waals surface area contributed by atoms with Gasteiger partial charge in [-0.05, 0) is 29.5 Å². The van der Waals surface area contributed by atoms with Crippen molar-refractivity contribution in [2.45, 2.75) is 38.7 Å². The molecule has 0 saturated heterocycles. The quantitative estimate of drug-likeness (QED) is 0.908. The summed E-state index contributed by atoms with van der Waals surface area (Å²) in [6, 6.07) is 14.1. The molecule has 3 nitrogen and oxygen atoms in total. The second kappa shape index (κ2) is 6.32. The van der Waals surface area contributed by atoms with Gasteiger partial charge in [0.25, 0.3) is 0 Å². The van der Waals surface area contributed by atoms with Crippen LogP contribution in [0.25, 0.3) is 0 Å². The molecule has 2 aromatic rings. The highest BCUT2D eigenvalue weighted by atomic mass is 16.3. The Morgan fingerprint density at radius 1 is 1.14 bits per heavy atom. The number of fused-ring (bicyclic) bond motifs is 1. The van der Waals surface area contributed by atoms with Gasteiger partial charge in [0.2, 0.25) is 5.91 Å². The van der Waals surface area contributed by atoms with Crippen LogP contribution in [-0.4, -0.2) is 11.0 Å². The summed E-state index contributed by atoms with van der Waals surface area (Å²) in [6.45, 7) is 2.11. The molecule has 0 bridgehead atoms. The van der Waals surface area contributed by atoms with Gasteiger partial charge in [0, 0.05) is 24.1 Å². The highest BCUT2D eigenvalue weighted by Crippen LogP contribution is 2.34. The number of amides is 1. The highest BCUT2D eigenvalue weighted by Gasteiger charge is 2.22. The normalized spacial score (nSPS) is 15.1. The zero-order valence-electron chi connectivity index (χ0n) is 12.8. The van der Waals surface area contributed by atoms with Crippen LogP contribution in [0.15, 0.2) is 42.5 Å². The molecule has 2 N–H and O–H groups in total. The summed E-state index contributed by atoms with van der Waals surface area (Å²) in [5.41, 5.74) is 5.09. The molecule has 0 spiro atoms. The van der Waals surface area contributed by atoms with Crippen LogP contribution in [-0.2, 0) is 24.1 Å². The Bertz CT molecular complexity index is 679. The zero-order valence-corrected chi connectivity index (χ0v) is 12.8. The lowest BCUT2D eigenvalue weighted by Gasteiger charge is -2.24. The Hall–Kier alpha value is -2.13. The fourth-order valence-electron chi connectivity index (χ4n) is 3.01. The van der Waals surface area contributed by atoms with Gasteiger partial charge < -0.3 is 10.4 Å². The molecule has 1 heterocycles. The molecule has 3 heteroatoms. The molecular formula is C19H21NO2. The minimum Gasteiger partial charge on any atom is -0.388 e. The first-order valence-electron chi connectivity index (χ1n) is 7.85. The second-order valence-electron chi connectivity index (χ2n) is 5.83. The van der Waals surface area contributed by atoms with Gasteiger partial charge in [-0.15, -0.1) is 0 Å². The van der Waals surface area contributed by atoms with Crippen molar-refractivity contribution in [3.63, 3.8) is 0 Å². The van der Waals surface area contributed by atoms with Crippen LogP contribution in [0.1, 0.15) is 41.7 Å². The van der Waals surface area contributed by atoms with E-state index in [1.54, 1.807) is 0 Å². The van der Waals surface area contributed by atoms with E-state index in [2.05, 4.69) is 18.3 Å². The molecule has 1 aliphatic rings. The molecule has 1 unspecified atom stereocenters. The third-order valence-electron chi connectivity index (χ3n) is 4.24. The van der Waals surface area contributed by atoms with Crippen molar-refractivity contribution in [3.05, 3.63) is 64.7 Å². The molecule has 2 aromatic carbocycles. The average molecular weight is 295 g/mol. The third kappa shape index (κ3) is 3.04. The van der Waals surface area contributed by atoms with E-state index in [0.717, 1.165) is 35.2 Å². The van der Waals surface area contributed by atoms with E-state index in [1.165, 1.54) is 5.56 Å². The van der Waals surface area contributed by atoms with E-state index in [9.17, 15) is 9.90 Å². The number of aliphatic hydroxyl groups is 1. The highest BCUT2D eigenvalue weighted by molar-refractivity contribution is 5.95. The average Bonchev–Trinajstić information content (AvgIpc) is 2.54. The molecule has 3 rings (SSSR count). The van der Waals surface area contributed by atoms with Crippen molar-refractivity contribution >= 4 is 11.6 Å². The number of benzene rings is 2. The van der Waals surface area contributed by atoms with Crippen LogP contribution >= 0.6 is 0 Å². The van der Waals surface area contributed by atoms with Crippen LogP contribution in [0.3, 0.4) is 0 Å². The van der Waals surface area contributed by atoms with E-state index in [-0.39, 0.29) is 5.91 Å². The van der Waals surface area contributed by atoms with Gasteiger partial charge in [-0.1, -0.05) is 49.4 Å². The smallest absolute Gasteiger partial charge is 0.224 e. The summed E-state index contributed by atoms with van der Waals surface area (Å²) in [4.78, 5) is 11.7. The maximum Gasteiger partial charge on any atom is 0.224 e. The van der Waals surface area contributed by atoms with Crippen molar-refractivity contribution in [2.24, 2.45) is 0 Å².